The third-order valence-electron chi connectivity index (χ3n) is 3.67. The molecule has 0 saturated heterocycles. The van der Waals surface area contributed by atoms with Crippen LogP contribution in [0.1, 0.15) is 5.56 Å². The summed E-state index contributed by atoms with van der Waals surface area (Å²) in [4.78, 5) is 11.5. The quantitative estimate of drug-likeness (QED) is 0.622. The van der Waals surface area contributed by atoms with E-state index in [-0.39, 0.29) is 6.42 Å². The molecule has 0 bridgehead atoms. The normalized spacial score (nSPS) is 11.6. The first-order valence-electron chi connectivity index (χ1n) is 8.07. The van der Waals surface area contributed by atoms with Gasteiger partial charge in [-0.05, 0) is 48.0 Å². The van der Waals surface area contributed by atoms with Crippen LogP contribution < -0.4 is 9.47 Å². The molecule has 132 valence electrons. The summed E-state index contributed by atoms with van der Waals surface area (Å²) in [6.45, 7) is 0. The van der Waals surface area contributed by atoms with Gasteiger partial charge in [0.05, 0.1) is 0 Å². The first-order valence-corrected chi connectivity index (χ1v) is 8.45. The molecule has 0 aliphatic rings. The van der Waals surface area contributed by atoms with Gasteiger partial charge in [-0.3, -0.25) is 0 Å². The Hall–Kier alpha value is -2.98. The van der Waals surface area contributed by atoms with E-state index < -0.39 is 12.1 Å². The van der Waals surface area contributed by atoms with Crippen LogP contribution in [0.15, 0.2) is 78.9 Å². The molecule has 0 aliphatic heterocycles. The zero-order chi connectivity index (χ0) is 18.4. The summed E-state index contributed by atoms with van der Waals surface area (Å²) in [7, 11) is 0. The number of para-hydroxylation sites is 1. The topological polar surface area (TPSA) is 55.8 Å². The number of carboxylic acids is 1. The average molecular weight is 369 g/mol. The van der Waals surface area contributed by atoms with Crippen molar-refractivity contribution in [2.45, 2.75) is 12.5 Å². The van der Waals surface area contributed by atoms with Gasteiger partial charge in [-0.1, -0.05) is 48.0 Å². The van der Waals surface area contributed by atoms with Crippen molar-refractivity contribution in [3.63, 3.8) is 0 Å². The molecule has 0 aromatic heterocycles. The summed E-state index contributed by atoms with van der Waals surface area (Å²) in [6, 6.07) is 23.4. The third kappa shape index (κ3) is 5.01. The molecular weight excluding hydrogens is 352 g/mol. The number of aliphatic carboxylic acids is 1. The van der Waals surface area contributed by atoms with Crippen molar-refractivity contribution >= 4 is 17.6 Å². The second-order valence-electron chi connectivity index (χ2n) is 5.67. The SMILES string of the molecule is O=C(O)[C@@H](Cc1ccc(Oc2ccccc2)cc1)Oc1cccc(Cl)c1. The number of rotatable bonds is 7. The van der Waals surface area contributed by atoms with Gasteiger partial charge in [0.15, 0.2) is 6.10 Å². The number of ether oxygens (including phenoxy) is 2. The summed E-state index contributed by atoms with van der Waals surface area (Å²) < 4.78 is 11.3. The summed E-state index contributed by atoms with van der Waals surface area (Å²) in [5.41, 5.74) is 0.833. The maximum atomic E-state index is 11.5. The molecule has 3 aromatic rings. The predicted molar refractivity (Wildman–Crippen MR) is 100 cm³/mol. The van der Waals surface area contributed by atoms with Gasteiger partial charge in [0.1, 0.15) is 17.2 Å². The highest BCUT2D eigenvalue weighted by Crippen LogP contribution is 2.23. The highest BCUT2D eigenvalue weighted by molar-refractivity contribution is 6.30. The molecule has 4 nitrogen and oxygen atoms in total. The average Bonchev–Trinajstić information content (AvgIpc) is 2.63. The van der Waals surface area contributed by atoms with Crippen LogP contribution in [-0.4, -0.2) is 17.2 Å². The zero-order valence-corrected chi connectivity index (χ0v) is 14.6. The van der Waals surface area contributed by atoms with Crippen LogP contribution in [0.2, 0.25) is 5.02 Å². The maximum Gasteiger partial charge on any atom is 0.345 e. The fourth-order valence-corrected chi connectivity index (χ4v) is 2.60. The molecule has 26 heavy (non-hydrogen) atoms. The lowest BCUT2D eigenvalue weighted by Gasteiger charge is -2.15. The molecule has 3 aromatic carbocycles. The van der Waals surface area contributed by atoms with Crippen LogP contribution in [0.3, 0.4) is 0 Å². The first-order chi connectivity index (χ1) is 12.6. The van der Waals surface area contributed by atoms with Crippen LogP contribution in [0, 0.1) is 0 Å². The van der Waals surface area contributed by atoms with Gasteiger partial charge in [0.25, 0.3) is 0 Å². The van der Waals surface area contributed by atoms with E-state index in [9.17, 15) is 9.90 Å². The van der Waals surface area contributed by atoms with Crippen molar-refractivity contribution in [3.05, 3.63) is 89.4 Å². The van der Waals surface area contributed by atoms with Crippen LogP contribution in [-0.2, 0) is 11.2 Å². The molecule has 0 saturated carbocycles. The monoisotopic (exact) mass is 368 g/mol. The van der Waals surface area contributed by atoms with Crippen molar-refractivity contribution in [1.82, 2.24) is 0 Å². The predicted octanol–water partition coefficient (Wildman–Crippen LogP) is 5.21. The Balaban J connectivity index is 1.66. The van der Waals surface area contributed by atoms with Gasteiger partial charge < -0.3 is 14.6 Å². The second kappa shape index (κ2) is 8.41. The Kier molecular flexibility index (Phi) is 5.77. The lowest BCUT2D eigenvalue weighted by Crippen LogP contribution is -2.29. The Morgan fingerprint density at radius 1 is 0.885 bits per heavy atom. The minimum atomic E-state index is -1.03. The van der Waals surface area contributed by atoms with Gasteiger partial charge in [0.2, 0.25) is 0 Å². The van der Waals surface area contributed by atoms with Crippen LogP contribution in [0.4, 0.5) is 0 Å². The van der Waals surface area contributed by atoms with Crippen LogP contribution in [0.5, 0.6) is 17.2 Å². The number of carbonyl (C=O) groups is 1. The Bertz CT molecular complexity index is 863. The van der Waals surface area contributed by atoms with Crippen molar-refractivity contribution < 1.29 is 19.4 Å². The smallest absolute Gasteiger partial charge is 0.345 e. The molecule has 0 radical (unpaired) electrons. The van der Waals surface area contributed by atoms with Crippen molar-refractivity contribution in [1.29, 1.82) is 0 Å². The van der Waals surface area contributed by atoms with E-state index in [1.165, 1.54) is 0 Å². The lowest BCUT2D eigenvalue weighted by atomic mass is 10.1. The summed E-state index contributed by atoms with van der Waals surface area (Å²) in [5, 5.41) is 9.93. The number of benzene rings is 3. The Morgan fingerprint density at radius 2 is 1.54 bits per heavy atom. The number of halogens is 1. The summed E-state index contributed by atoms with van der Waals surface area (Å²) in [6.07, 6.45) is -0.776. The van der Waals surface area contributed by atoms with Gasteiger partial charge >= 0.3 is 5.97 Å². The van der Waals surface area contributed by atoms with Gasteiger partial charge in [-0.25, -0.2) is 4.79 Å². The molecule has 0 unspecified atom stereocenters. The molecule has 1 N–H and O–H groups in total. The standard InChI is InChI=1S/C21H17ClO4/c22-16-5-4-8-19(14-16)26-20(21(23)24)13-15-9-11-18(12-10-15)25-17-6-2-1-3-7-17/h1-12,14,20H,13H2,(H,23,24)/t20-/m1/s1. The molecular formula is C21H17ClO4. The van der Waals surface area contributed by atoms with E-state index in [2.05, 4.69) is 0 Å². The van der Waals surface area contributed by atoms with E-state index in [4.69, 9.17) is 21.1 Å². The first kappa shape index (κ1) is 17.8. The van der Waals surface area contributed by atoms with Crippen molar-refractivity contribution in [3.8, 4) is 17.2 Å². The summed E-state index contributed by atoms with van der Waals surface area (Å²) >= 11 is 5.91. The number of carboxylic acid groups (broad SMARTS) is 1. The molecule has 3 rings (SSSR count). The van der Waals surface area contributed by atoms with E-state index in [0.717, 1.165) is 11.3 Å². The van der Waals surface area contributed by atoms with Gasteiger partial charge in [-0.2, -0.15) is 0 Å². The highest BCUT2D eigenvalue weighted by atomic mass is 35.5. The van der Waals surface area contributed by atoms with Crippen LogP contribution in [0.25, 0.3) is 0 Å². The fraction of sp³-hybridized carbons (Fsp3) is 0.0952. The van der Waals surface area contributed by atoms with E-state index in [1.807, 2.05) is 42.5 Å². The molecule has 0 aliphatic carbocycles. The lowest BCUT2D eigenvalue weighted by molar-refractivity contribution is -0.145. The van der Waals surface area contributed by atoms with Gasteiger partial charge in [-0.15, -0.1) is 0 Å². The Labute approximate surface area is 156 Å². The largest absolute Gasteiger partial charge is 0.478 e. The minimum absolute atomic E-state index is 0.230. The van der Waals surface area contributed by atoms with E-state index in [0.29, 0.717) is 16.5 Å². The Morgan fingerprint density at radius 3 is 2.19 bits per heavy atom. The highest BCUT2D eigenvalue weighted by Gasteiger charge is 2.20. The minimum Gasteiger partial charge on any atom is -0.478 e. The molecule has 0 amide bonds. The second-order valence-corrected chi connectivity index (χ2v) is 6.10. The fourth-order valence-electron chi connectivity index (χ4n) is 2.42. The van der Waals surface area contributed by atoms with E-state index in [1.54, 1.807) is 36.4 Å². The zero-order valence-electron chi connectivity index (χ0n) is 13.8. The van der Waals surface area contributed by atoms with E-state index >= 15 is 0 Å². The summed E-state index contributed by atoms with van der Waals surface area (Å²) in [5.74, 6) is 0.819. The number of hydrogen-bond donors (Lipinski definition) is 1. The van der Waals surface area contributed by atoms with Crippen LogP contribution >= 0.6 is 11.6 Å². The molecule has 0 fully saturated rings. The van der Waals surface area contributed by atoms with Gasteiger partial charge in [0, 0.05) is 11.4 Å². The number of hydrogen-bond acceptors (Lipinski definition) is 3. The molecule has 1 atom stereocenters. The molecule has 0 spiro atoms. The third-order valence-corrected chi connectivity index (χ3v) is 3.91. The van der Waals surface area contributed by atoms with Crippen molar-refractivity contribution in [2.75, 3.05) is 0 Å². The molecule has 0 heterocycles. The van der Waals surface area contributed by atoms with Crippen molar-refractivity contribution in [2.24, 2.45) is 0 Å². The maximum absolute atomic E-state index is 11.5. The molecule has 5 heteroatoms.